The summed E-state index contributed by atoms with van der Waals surface area (Å²) in [5.41, 5.74) is 5.06. The summed E-state index contributed by atoms with van der Waals surface area (Å²) in [5, 5.41) is 6.82. The second-order valence-corrected chi connectivity index (χ2v) is 1.62. The van der Waals surface area contributed by atoms with Crippen LogP contribution in [0.1, 0.15) is 0 Å². The lowest BCUT2D eigenvalue weighted by molar-refractivity contribution is 0.523. The topological polar surface area (TPSA) is 53.1 Å². The van der Waals surface area contributed by atoms with Crippen molar-refractivity contribution in [3.05, 3.63) is 12.8 Å². The van der Waals surface area contributed by atoms with E-state index in [1.165, 1.54) is 0 Å². The number of likely N-dealkylation sites (N-methyl/N-ethyl adjacent to an activating group) is 1. The average molecular weight is 113 g/mol. The van der Waals surface area contributed by atoms with Crippen LogP contribution in [0.3, 0.4) is 0 Å². The monoisotopic (exact) mass is 113 g/mol. The van der Waals surface area contributed by atoms with Gasteiger partial charge in [0, 0.05) is 7.05 Å². The lowest BCUT2D eigenvalue weighted by Crippen LogP contribution is -2.25. The van der Waals surface area contributed by atoms with Gasteiger partial charge in [0.1, 0.15) is 5.84 Å². The summed E-state index contributed by atoms with van der Waals surface area (Å²) in [6.07, 6.45) is 1.63. The molecule has 0 spiro atoms. The van der Waals surface area contributed by atoms with Gasteiger partial charge in [0.25, 0.3) is 0 Å². The molecule has 0 saturated carbocycles. The van der Waals surface area contributed by atoms with Crippen molar-refractivity contribution >= 4 is 5.84 Å². The molecule has 0 atom stereocenters. The van der Waals surface area contributed by atoms with E-state index in [-0.39, 0.29) is 5.84 Å². The van der Waals surface area contributed by atoms with Crippen molar-refractivity contribution in [2.75, 3.05) is 13.6 Å². The largest absolute Gasteiger partial charge is 0.386 e. The molecule has 3 heteroatoms. The normalized spacial score (nSPS) is 8.12. The van der Waals surface area contributed by atoms with E-state index in [9.17, 15) is 0 Å². The molecule has 3 N–H and O–H groups in total. The third kappa shape index (κ3) is 3.21. The van der Waals surface area contributed by atoms with Gasteiger partial charge in [0.2, 0.25) is 0 Å². The molecule has 0 aliphatic heterocycles. The van der Waals surface area contributed by atoms with Gasteiger partial charge in [-0.25, -0.2) is 0 Å². The van der Waals surface area contributed by atoms with Crippen molar-refractivity contribution in [1.29, 1.82) is 5.41 Å². The van der Waals surface area contributed by atoms with Crippen LogP contribution in [0.5, 0.6) is 0 Å². The van der Waals surface area contributed by atoms with Crippen LogP contribution in [-0.2, 0) is 0 Å². The predicted molar refractivity (Wildman–Crippen MR) is 34.7 cm³/mol. The van der Waals surface area contributed by atoms with Gasteiger partial charge in [-0.2, -0.15) is 0 Å². The highest BCUT2D eigenvalue weighted by Crippen LogP contribution is 1.77. The van der Waals surface area contributed by atoms with Crippen LogP contribution in [0.2, 0.25) is 0 Å². The minimum atomic E-state index is 0.160. The van der Waals surface area contributed by atoms with Crippen LogP contribution in [0.25, 0.3) is 0 Å². The maximum Gasteiger partial charge on any atom is 0.110 e. The highest BCUT2D eigenvalue weighted by molar-refractivity contribution is 5.78. The summed E-state index contributed by atoms with van der Waals surface area (Å²) in [4.78, 5) is 1.74. The summed E-state index contributed by atoms with van der Waals surface area (Å²) in [6.45, 7) is 3.95. The fraction of sp³-hybridized carbons (Fsp3) is 0.400. The Hall–Kier alpha value is -0.990. The Kier molecular flexibility index (Phi) is 2.69. The van der Waals surface area contributed by atoms with Crippen LogP contribution in [0.4, 0.5) is 0 Å². The fourth-order valence-corrected chi connectivity index (χ4v) is 0.333. The average Bonchev–Trinajstić information content (AvgIpc) is 1.65. The molecule has 0 heterocycles. The van der Waals surface area contributed by atoms with Gasteiger partial charge in [-0.15, -0.1) is 0 Å². The van der Waals surface area contributed by atoms with Crippen molar-refractivity contribution in [3.8, 4) is 0 Å². The maximum absolute atomic E-state index is 6.82. The first-order chi connectivity index (χ1) is 3.66. The summed E-state index contributed by atoms with van der Waals surface area (Å²) >= 11 is 0. The Morgan fingerprint density at radius 1 is 2.00 bits per heavy atom. The van der Waals surface area contributed by atoms with Crippen LogP contribution >= 0.6 is 0 Å². The molecule has 0 radical (unpaired) electrons. The van der Waals surface area contributed by atoms with Gasteiger partial charge < -0.3 is 10.6 Å². The predicted octanol–water partition coefficient (Wildman–Crippen LogP) is -0.00233. The number of nitrogens with one attached hydrogen (secondary N) is 1. The highest BCUT2D eigenvalue weighted by atomic mass is 15.1. The van der Waals surface area contributed by atoms with E-state index in [4.69, 9.17) is 11.1 Å². The molecule has 3 nitrogen and oxygen atoms in total. The van der Waals surface area contributed by atoms with E-state index < -0.39 is 0 Å². The fourth-order valence-electron chi connectivity index (χ4n) is 0.333. The Balaban J connectivity index is 3.38. The van der Waals surface area contributed by atoms with Gasteiger partial charge in [0.05, 0.1) is 6.54 Å². The van der Waals surface area contributed by atoms with Crippen LogP contribution in [0.15, 0.2) is 12.8 Å². The van der Waals surface area contributed by atoms with Crippen molar-refractivity contribution in [2.45, 2.75) is 0 Å². The van der Waals surface area contributed by atoms with Crippen molar-refractivity contribution in [2.24, 2.45) is 5.73 Å². The first-order valence-corrected chi connectivity index (χ1v) is 2.32. The molecule has 0 fully saturated rings. The van der Waals surface area contributed by atoms with Crippen LogP contribution in [0, 0.1) is 5.41 Å². The molecule has 0 rings (SSSR count). The third-order valence-corrected chi connectivity index (χ3v) is 0.731. The first-order valence-electron chi connectivity index (χ1n) is 2.32. The molecule has 0 aromatic carbocycles. The van der Waals surface area contributed by atoms with Gasteiger partial charge in [-0.1, -0.05) is 6.58 Å². The van der Waals surface area contributed by atoms with Gasteiger partial charge in [0.15, 0.2) is 0 Å². The lowest BCUT2D eigenvalue weighted by atomic mass is 10.5. The Labute approximate surface area is 49.3 Å². The number of hydrogen-bond acceptors (Lipinski definition) is 2. The van der Waals surface area contributed by atoms with Crippen molar-refractivity contribution in [3.63, 3.8) is 0 Å². The zero-order valence-electron chi connectivity index (χ0n) is 5.02. The van der Waals surface area contributed by atoms with Crippen molar-refractivity contribution < 1.29 is 0 Å². The molecule has 8 heavy (non-hydrogen) atoms. The summed E-state index contributed by atoms with van der Waals surface area (Å²) in [7, 11) is 1.81. The third-order valence-electron chi connectivity index (χ3n) is 0.731. The molecule has 0 amide bonds. The number of amidine groups is 1. The first kappa shape index (κ1) is 7.01. The van der Waals surface area contributed by atoms with Crippen LogP contribution in [-0.4, -0.2) is 24.3 Å². The highest BCUT2D eigenvalue weighted by Gasteiger charge is 1.89. The summed E-state index contributed by atoms with van der Waals surface area (Å²) < 4.78 is 0. The van der Waals surface area contributed by atoms with E-state index in [1.807, 2.05) is 7.05 Å². The lowest BCUT2D eigenvalue weighted by Gasteiger charge is -2.09. The van der Waals surface area contributed by atoms with E-state index in [1.54, 1.807) is 11.1 Å². The zero-order chi connectivity index (χ0) is 6.57. The second kappa shape index (κ2) is 3.07. The minimum Gasteiger partial charge on any atom is -0.386 e. The summed E-state index contributed by atoms with van der Waals surface area (Å²) in [6, 6.07) is 0. The molecular formula is C5H11N3. The maximum atomic E-state index is 6.82. The molecule has 0 aliphatic carbocycles. The molecule has 0 bridgehead atoms. The SMILES string of the molecule is C=CN(C)CC(=N)N. The van der Waals surface area contributed by atoms with Crippen molar-refractivity contribution in [1.82, 2.24) is 4.90 Å². The van der Waals surface area contributed by atoms with Gasteiger partial charge in [-0.3, -0.25) is 5.41 Å². The Morgan fingerprint density at radius 3 is 2.62 bits per heavy atom. The van der Waals surface area contributed by atoms with E-state index >= 15 is 0 Å². The quantitative estimate of drug-likeness (QED) is 0.400. The Bertz CT molecular complexity index is 97.8. The van der Waals surface area contributed by atoms with E-state index in [2.05, 4.69) is 6.58 Å². The zero-order valence-corrected chi connectivity index (χ0v) is 5.02. The molecule has 0 aromatic rings. The minimum absolute atomic E-state index is 0.160. The van der Waals surface area contributed by atoms with Crippen LogP contribution < -0.4 is 5.73 Å². The molecule has 0 aromatic heterocycles. The standard InChI is InChI=1S/C5H11N3/c1-3-8(2)4-5(6)7/h3H,1,4H2,2H3,(H3,6,7). The molecule has 46 valence electrons. The molecule has 0 aliphatic rings. The Morgan fingerprint density at radius 2 is 2.50 bits per heavy atom. The van der Waals surface area contributed by atoms with E-state index in [0.29, 0.717) is 6.54 Å². The van der Waals surface area contributed by atoms with E-state index in [0.717, 1.165) is 0 Å². The molecular weight excluding hydrogens is 102 g/mol. The molecule has 0 unspecified atom stereocenters. The number of nitrogens with zero attached hydrogens (tertiary/aromatic N) is 1. The molecule has 0 saturated heterocycles. The van der Waals surface area contributed by atoms with Gasteiger partial charge >= 0.3 is 0 Å². The second-order valence-electron chi connectivity index (χ2n) is 1.62. The number of hydrogen-bond donors (Lipinski definition) is 2. The van der Waals surface area contributed by atoms with Gasteiger partial charge in [-0.05, 0) is 6.20 Å². The summed E-state index contributed by atoms with van der Waals surface area (Å²) in [5.74, 6) is 0.160. The smallest absolute Gasteiger partial charge is 0.110 e. The number of nitrogens with two attached hydrogens (primary N) is 1. The number of rotatable bonds is 3.